The van der Waals surface area contributed by atoms with Crippen LogP contribution < -0.4 is 5.73 Å². The van der Waals surface area contributed by atoms with Crippen molar-refractivity contribution in [3.8, 4) is 11.3 Å². The van der Waals surface area contributed by atoms with E-state index in [4.69, 9.17) is 10.7 Å². The van der Waals surface area contributed by atoms with E-state index in [2.05, 4.69) is 43.5 Å². The topological polar surface area (TPSA) is 38.9 Å². The van der Waals surface area contributed by atoms with Gasteiger partial charge in [-0.3, -0.25) is 0 Å². The second-order valence-electron chi connectivity index (χ2n) is 4.42. The molecular formula is C14H18N2S. The molecule has 2 N–H and O–H groups in total. The summed E-state index contributed by atoms with van der Waals surface area (Å²) in [7, 11) is 0. The Morgan fingerprint density at radius 2 is 2.00 bits per heavy atom. The molecule has 1 aromatic carbocycles. The number of rotatable bonds is 4. The fraction of sp³-hybridized carbons (Fsp3) is 0.357. The minimum atomic E-state index is 0.462. The Morgan fingerprint density at radius 3 is 2.65 bits per heavy atom. The predicted octanol–water partition coefficient (Wildman–Crippen LogP) is 3.57. The molecule has 0 saturated carbocycles. The molecule has 2 rings (SSSR count). The summed E-state index contributed by atoms with van der Waals surface area (Å²) in [6, 6.07) is 8.50. The van der Waals surface area contributed by atoms with Crippen molar-refractivity contribution in [2.75, 3.05) is 6.54 Å². The van der Waals surface area contributed by atoms with E-state index in [1.54, 1.807) is 11.3 Å². The SMILES string of the molecule is Cc1ccc(-c2csc(C(C)CCN)n2)cc1. The molecule has 90 valence electrons. The number of hydrogen-bond acceptors (Lipinski definition) is 3. The zero-order valence-electron chi connectivity index (χ0n) is 10.3. The number of aromatic nitrogens is 1. The normalized spacial score (nSPS) is 12.6. The zero-order chi connectivity index (χ0) is 12.3. The molecule has 0 bridgehead atoms. The summed E-state index contributed by atoms with van der Waals surface area (Å²) in [5.74, 6) is 0.462. The second kappa shape index (κ2) is 5.43. The Kier molecular flexibility index (Phi) is 3.92. The van der Waals surface area contributed by atoms with Crippen molar-refractivity contribution in [1.29, 1.82) is 0 Å². The van der Waals surface area contributed by atoms with E-state index in [0.29, 0.717) is 5.92 Å². The molecule has 0 amide bonds. The fourth-order valence-corrected chi connectivity index (χ4v) is 2.67. The van der Waals surface area contributed by atoms with Gasteiger partial charge in [-0.05, 0) is 19.9 Å². The molecule has 1 unspecified atom stereocenters. The standard InChI is InChI=1S/C14H18N2S/c1-10-3-5-12(6-4-10)13-9-17-14(16-13)11(2)7-8-15/h3-6,9,11H,7-8,15H2,1-2H3. The number of nitrogens with zero attached hydrogens (tertiary/aromatic N) is 1. The van der Waals surface area contributed by atoms with Crippen molar-refractivity contribution in [3.63, 3.8) is 0 Å². The first kappa shape index (κ1) is 12.3. The Hall–Kier alpha value is -1.19. The minimum Gasteiger partial charge on any atom is -0.330 e. The molecule has 2 nitrogen and oxygen atoms in total. The Labute approximate surface area is 107 Å². The third-order valence-electron chi connectivity index (χ3n) is 2.89. The van der Waals surface area contributed by atoms with Crippen LogP contribution in [0.3, 0.4) is 0 Å². The first-order valence-electron chi connectivity index (χ1n) is 5.93. The lowest BCUT2D eigenvalue weighted by atomic mass is 10.1. The summed E-state index contributed by atoms with van der Waals surface area (Å²) in [5, 5.41) is 3.32. The largest absolute Gasteiger partial charge is 0.330 e. The van der Waals surface area contributed by atoms with Gasteiger partial charge in [-0.2, -0.15) is 0 Å². The first-order chi connectivity index (χ1) is 8.20. The van der Waals surface area contributed by atoms with Crippen molar-refractivity contribution in [1.82, 2.24) is 4.98 Å². The van der Waals surface area contributed by atoms with Crippen LogP contribution in [0.4, 0.5) is 0 Å². The molecule has 1 aromatic heterocycles. The molecule has 17 heavy (non-hydrogen) atoms. The Morgan fingerprint density at radius 1 is 1.29 bits per heavy atom. The third kappa shape index (κ3) is 2.93. The quantitative estimate of drug-likeness (QED) is 0.895. The highest BCUT2D eigenvalue weighted by atomic mass is 32.1. The summed E-state index contributed by atoms with van der Waals surface area (Å²) in [5.41, 5.74) is 9.13. The van der Waals surface area contributed by atoms with Gasteiger partial charge in [0, 0.05) is 16.9 Å². The fourth-order valence-electron chi connectivity index (χ4n) is 1.74. The van der Waals surface area contributed by atoms with Crippen molar-refractivity contribution in [3.05, 3.63) is 40.2 Å². The second-order valence-corrected chi connectivity index (χ2v) is 5.31. The maximum Gasteiger partial charge on any atom is 0.0961 e. The van der Waals surface area contributed by atoms with Gasteiger partial charge in [-0.25, -0.2) is 4.98 Å². The number of benzene rings is 1. The molecular weight excluding hydrogens is 228 g/mol. The van der Waals surface area contributed by atoms with E-state index in [1.807, 2.05) is 0 Å². The molecule has 3 heteroatoms. The maximum atomic E-state index is 5.58. The average Bonchev–Trinajstić information content (AvgIpc) is 2.80. The monoisotopic (exact) mass is 246 g/mol. The summed E-state index contributed by atoms with van der Waals surface area (Å²) in [6.45, 7) is 5.00. The van der Waals surface area contributed by atoms with E-state index < -0.39 is 0 Å². The maximum absolute atomic E-state index is 5.58. The van der Waals surface area contributed by atoms with Gasteiger partial charge < -0.3 is 5.73 Å². The van der Waals surface area contributed by atoms with Gasteiger partial charge in [0.05, 0.1) is 10.7 Å². The van der Waals surface area contributed by atoms with Gasteiger partial charge in [-0.1, -0.05) is 36.8 Å². The van der Waals surface area contributed by atoms with Gasteiger partial charge >= 0.3 is 0 Å². The van der Waals surface area contributed by atoms with Crippen LogP contribution >= 0.6 is 11.3 Å². The molecule has 0 saturated heterocycles. The third-order valence-corrected chi connectivity index (χ3v) is 3.97. The van der Waals surface area contributed by atoms with E-state index >= 15 is 0 Å². The number of nitrogens with two attached hydrogens (primary N) is 1. The van der Waals surface area contributed by atoms with Crippen LogP contribution in [-0.2, 0) is 0 Å². The van der Waals surface area contributed by atoms with Crippen LogP contribution in [0.5, 0.6) is 0 Å². The highest BCUT2D eigenvalue weighted by molar-refractivity contribution is 7.10. The van der Waals surface area contributed by atoms with Crippen LogP contribution in [0.15, 0.2) is 29.6 Å². The van der Waals surface area contributed by atoms with Crippen LogP contribution in [0.2, 0.25) is 0 Å². The molecule has 0 aliphatic carbocycles. The lowest BCUT2D eigenvalue weighted by Gasteiger charge is -2.04. The molecule has 2 aromatic rings. The van der Waals surface area contributed by atoms with Gasteiger partial charge in [0.15, 0.2) is 0 Å². The molecule has 0 radical (unpaired) electrons. The van der Waals surface area contributed by atoms with Crippen LogP contribution in [0, 0.1) is 6.92 Å². The number of hydrogen-bond donors (Lipinski definition) is 1. The number of aryl methyl sites for hydroxylation is 1. The van der Waals surface area contributed by atoms with Gasteiger partial charge in [0.2, 0.25) is 0 Å². The van der Waals surface area contributed by atoms with Crippen molar-refractivity contribution in [2.24, 2.45) is 5.73 Å². The van der Waals surface area contributed by atoms with E-state index in [9.17, 15) is 0 Å². The van der Waals surface area contributed by atoms with Crippen molar-refractivity contribution < 1.29 is 0 Å². The zero-order valence-corrected chi connectivity index (χ0v) is 11.1. The Balaban J connectivity index is 2.20. The highest BCUT2D eigenvalue weighted by Crippen LogP contribution is 2.27. The average molecular weight is 246 g/mol. The molecule has 0 aliphatic rings. The van der Waals surface area contributed by atoms with Gasteiger partial charge in [0.1, 0.15) is 0 Å². The molecule has 1 atom stereocenters. The molecule has 1 heterocycles. The van der Waals surface area contributed by atoms with Gasteiger partial charge in [0.25, 0.3) is 0 Å². The summed E-state index contributed by atoms with van der Waals surface area (Å²) in [4.78, 5) is 4.69. The van der Waals surface area contributed by atoms with E-state index in [0.717, 1.165) is 18.7 Å². The molecule has 0 fully saturated rings. The highest BCUT2D eigenvalue weighted by Gasteiger charge is 2.10. The lowest BCUT2D eigenvalue weighted by molar-refractivity contribution is 0.685. The number of thiazole rings is 1. The Bertz CT molecular complexity index is 473. The van der Waals surface area contributed by atoms with Crippen LogP contribution in [0.25, 0.3) is 11.3 Å². The van der Waals surface area contributed by atoms with Gasteiger partial charge in [-0.15, -0.1) is 11.3 Å². The van der Waals surface area contributed by atoms with Crippen molar-refractivity contribution >= 4 is 11.3 Å². The smallest absolute Gasteiger partial charge is 0.0961 e. The summed E-state index contributed by atoms with van der Waals surface area (Å²) < 4.78 is 0. The lowest BCUT2D eigenvalue weighted by Crippen LogP contribution is -2.04. The van der Waals surface area contributed by atoms with Crippen LogP contribution in [0.1, 0.15) is 29.8 Å². The first-order valence-corrected chi connectivity index (χ1v) is 6.81. The van der Waals surface area contributed by atoms with E-state index in [-0.39, 0.29) is 0 Å². The summed E-state index contributed by atoms with van der Waals surface area (Å²) in [6.07, 6.45) is 1.00. The van der Waals surface area contributed by atoms with E-state index in [1.165, 1.54) is 16.1 Å². The molecule has 0 aliphatic heterocycles. The van der Waals surface area contributed by atoms with Crippen LogP contribution in [-0.4, -0.2) is 11.5 Å². The molecule has 0 spiro atoms. The predicted molar refractivity (Wildman–Crippen MR) is 74.4 cm³/mol. The summed E-state index contributed by atoms with van der Waals surface area (Å²) >= 11 is 1.73. The minimum absolute atomic E-state index is 0.462. The van der Waals surface area contributed by atoms with Crippen molar-refractivity contribution in [2.45, 2.75) is 26.2 Å².